The van der Waals surface area contributed by atoms with Gasteiger partial charge in [-0.15, -0.1) is 0 Å². The maximum Gasteiger partial charge on any atom is 0.233 e. The van der Waals surface area contributed by atoms with Crippen LogP contribution in [0.3, 0.4) is 0 Å². The topological polar surface area (TPSA) is 88.2 Å². The number of amidine groups is 1. The molecule has 1 aliphatic heterocycles. The average molecular weight is 229 g/mol. The third-order valence-corrected chi connectivity index (χ3v) is 2.66. The minimum Gasteiger partial charge on any atom is -0.409 e. The van der Waals surface area contributed by atoms with Gasteiger partial charge >= 0.3 is 0 Å². The number of ether oxygens (including phenoxy) is 1. The number of amides is 1. The van der Waals surface area contributed by atoms with Crippen LogP contribution in [0.5, 0.6) is 0 Å². The van der Waals surface area contributed by atoms with E-state index in [0.29, 0.717) is 13.1 Å². The molecule has 0 saturated carbocycles. The Kier molecular flexibility index (Phi) is 4.12. The first-order chi connectivity index (χ1) is 7.45. The van der Waals surface area contributed by atoms with E-state index in [9.17, 15) is 4.79 Å². The van der Waals surface area contributed by atoms with Crippen LogP contribution in [0.1, 0.15) is 20.8 Å². The highest BCUT2D eigenvalue weighted by atomic mass is 16.5. The van der Waals surface area contributed by atoms with Crippen molar-refractivity contribution in [2.45, 2.75) is 33.0 Å². The van der Waals surface area contributed by atoms with Crippen molar-refractivity contribution in [2.75, 3.05) is 13.1 Å². The van der Waals surface area contributed by atoms with Gasteiger partial charge in [0.2, 0.25) is 5.91 Å². The molecule has 1 saturated heterocycles. The number of nitrogens with zero attached hydrogens (tertiary/aromatic N) is 2. The molecule has 0 aromatic rings. The highest BCUT2D eigenvalue weighted by Crippen LogP contribution is 2.13. The maximum absolute atomic E-state index is 12.0. The molecule has 0 radical (unpaired) electrons. The fraction of sp³-hybridized carbons (Fsp3) is 0.800. The molecule has 1 rings (SSSR count). The number of carbonyl (C=O) groups excluding carboxylic acids is 1. The summed E-state index contributed by atoms with van der Waals surface area (Å²) in [5.74, 6) is -0.781. The number of hydrogen-bond acceptors (Lipinski definition) is 4. The van der Waals surface area contributed by atoms with Gasteiger partial charge < -0.3 is 20.6 Å². The van der Waals surface area contributed by atoms with E-state index in [-0.39, 0.29) is 24.0 Å². The second-order valence-corrected chi connectivity index (χ2v) is 4.25. The SMILES string of the molecule is CC(C(=O)N1C[C@@H](C)O[C@@H](C)C1)C(N)=NO. The van der Waals surface area contributed by atoms with Crippen LogP contribution in [0, 0.1) is 5.92 Å². The fourth-order valence-electron chi connectivity index (χ4n) is 1.84. The standard InChI is InChI=1S/C10H19N3O3/c1-6-4-13(5-7(2)16-6)10(14)8(3)9(11)12-15/h6-8,15H,4-5H2,1-3H3,(H2,11,12)/t6-,7+,8?. The van der Waals surface area contributed by atoms with Gasteiger partial charge in [0.15, 0.2) is 5.84 Å². The van der Waals surface area contributed by atoms with E-state index in [0.717, 1.165) is 0 Å². The maximum atomic E-state index is 12.0. The molecular weight excluding hydrogens is 210 g/mol. The molecule has 0 bridgehead atoms. The van der Waals surface area contributed by atoms with Crippen molar-refractivity contribution in [3.05, 3.63) is 0 Å². The van der Waals surface area contributed by atoms with Crippen LogP contribution in [0.15, 0.2) is 5.16 Å². The van der Waals surface area contributed by atoms with Crippen molar-refractivity contribution < 1.29 is 14.7 Å². The molecule has 1 fully saturated rings. The Morgan fingerprint density at radius 2 is 2.00 bits per heavy atom. The Bertz CT molecular complexity index is 283. The van der Waals surface area contributed by atoms with Crippen molar-refractivity contribution >= 4 is 11.7 Å². The van der Waals surface area contributed by atoms with Crippen LogP contribution in [0.4, 0.5) is 0 Å². The first kappa shape index (κ1) is 12.8. The van der Waals surface area contributed by atoms with Gasteiger partial charge in [-0.3, -0.25) is 4.79 Å². The van der Waals surface area contributed by atoms with Gasteiger partial charge in [0, 0.05) is 13.1 Å². The van der Waals surface area contributed by atoms with Crippen LogP contribution < -0.4 is 5.73 Å². The summed E-state index contributed by atoms with van der Waals surface area (Å²) in [5, 5.41) is 11.4. The third-order valence-electron chi connectivity index (χ3n) is 2.66. The normalized spacial score (nSPS) is 28.9. The highest BCUT2D eigenvalue weighted by Gasteiger charge is 2.30. The van der Waals surface area contributed by atoms with E-state index >= 15 is 0 Å². The fourth-order valence-corrected chi connectivity index (χ4v) is 1.84. The van der Waals surface area contributed by atoms with E-state index in [1.807, 2.05) is 13.8 Å². The Morgan fingerprint density at radius 3 is 2.44 bits per heavy atom. The summed E-state index contributed by atoms with van der Waals surface area (Å²) < 4.78 is 5.53. The number of hydrogen-bond donors (Lipinski definition) is 2. The molecule has 16 heavy (non-hydrogen) atoms. The summed E-state index contributed by atoms with van der Waals surface area (Å²) in [6, 6.07) is 0. The van der Waals surface area contributed by atoms with Gasteiger partial charge in [0.1, 0.15) is 0 Å². The molecule has 6 heteroatoms. The Hall–Kier alpha value is -1.30. The number of nitrogens with two attached hydrogens (primary N) is 1. The Balaban J connectivity index is 2.66. The zero-order valence-corrected chi connectivity index (χ0v) is 9.88. The van der Waals surface area contributed by atoms with Crippen LogP contribution in [-0.2, 0) is 9.53 Å². The van der Waals surface area contributed by atoms with Gasteiger partial charge in [-0.25, -0.2) is 0 Å². The number of carbonyl (C=O) groups is 1. The number of morpholine rings is 1. The molecule has 0 aromatic carbocycles. The van der Waals surface area contributed by atoms with Crippen LogP contribution >= 0.6 is 0 Å². The van der Waals surface area contributed by atoms with Gasteiger partial charge in [-0.1, -0.05) is 5.16 Å². The first-order valence-corrected chi connectivity index (χ1v) is 5.37. The summed E-state index contributed by atoms with van der Waals surface area (Å²) in [4.78, 5) is 13.7. The van der Waals surface area contributed by atoms with Crippen molar-refractivity contribution in [2.24, 2.45) is 16.8 Å². The molecule has 1 heterocycles. The molecule has 0 aromatic heterocycles. The van der Waals surface area contributed by atoms with Gasteiger partial charge in [0.25, 0.3) is 0 Å². The van der Waals surface area contributed by atoms with Crippen LogP contribution in [0.2, 0.25) is 0 Å². The van der Waals surface area contributed by atoms with Crippen LogP contribution in [0.25, 0.3) is 0 Å². The van der Waals surface area contributed by atoms with Crippen molar-refractivity contribution in [3.8, 4) is 0 Å². The largest absolute Gasteiger partial charge is 0.409 e. The van der Waals surface area contributed by atoms with E-state index < -0.39 is 5.92 Å². The zero-order valence-electron chi connectivity index (χ0n) is 9.88. The Morgan fingerprint density at radius 1 is 1.50 bits per heavy atom. The van der Waals surface area contributed by atoms with Gasteiger partial charge in [0.05, 0.1) is 18.1 Å². The smallest absolute Gasteiger partial charge is 0.233 e. The van der Waals surface area contributed by atoms with E-state index in [1.54, 1.807) is 11.8 Å². The molecular formula is C10H19N3O3. The quantitative estimate of drug-likeness (QED) is 0.302. The molecule has 92 valence electrons. The van der Waals surface area contributed by atoms with E-state index in [1.165, 1.54) is 0 Å². The van der Waals surface area contributed by atoms with Crippen molar-refractivity contribution in [1.82, 2.24) is 4.90 Å². The van der Waals surface area contributed by atoms with Gasteiger partial charge in [-0.2, -0.15) is 0 Å². The molecule has 0 spiro atoms. The zero-order chi connectivity index (χ0) is 12.3. The molecule has 1 aliphatic rings. The second kappa shape index (κ2) is 5.16. The predicted octanol–water partition coefficient (Wildman–Crippen LogP) is 0.00470. The lowest BCUT2D eigenvalue weighted by molar-refractivity contribution is -0.144. The summed E-state index contributed by atoms with van der Waals surface area (Å²) in [6.45, 7) is 6.56. The minimum absolute atomic E-state index is 0.0205. The van der Waals surface area contributed by atoms with Gasteiger partial charge in [-0.05, 0) is 20.8 Å². The van der Waals surface area contributed by atoms with E-state index in [4.69, 9.17) is 15.7 Å². The number of oxime groups is 1. The number of rotatable bonds is 2. The average Bonchev–Trinajstić information content (AvgIpc) is 2.24. The Labute approximate surface area is 95.0 Å². The van der Waals surface area contributed by atoms with Crippen LogP contribution in [-0.4, -0.2) is 47.1 Å². The van der Waals surface area contributed by atoms with Crippen molar-refractivity contribution in [3.63, 3.8) is 0 Å². The predicted molar refractivity (Wildman–Crippen MR) is 59.2 cm³/mol. The molecule has 6 nitrogen and oxygen atoms in total. The lowest BCUT2D eigenvalue weighted by atomic mass is 10.1. The monoisotopic (exact) mass is 229 g/mol. The molecule has 0 aliphatic carbocycles. The first-order valence-electron chi connectivity index (χ1n) is 5.37. The lowest BCUT2D eigenvalue weighted by Gasteiger charge is -2.36. The summed E-state index contributed by atoms with van der Waals surface area (Å²) >= 11 is 0. The summed E-state index contributed by atoms with van der Waals surface area (Å²) in [5.41, 5.74) is 5.41. The molecule has 3 atom stereocenters. The summed E-state index contributed by atoms with van der Waals surface area (Å²) in [6.07, 6.45) is 0.0411. The van der Waals surface area contributed by atoms with Crippen molar-refractivity contribution in [1.29, 1.82) is 0 Å². The minimum atomic E-state index is -0.595. The van der Waals surface area contributed by atoms with E-state index in [2.05, 4.69) is 5.16 Å². The molecule has 1 unspecified atom stereocenters. The molecule has 1 amide bonds. The summed E-state index contributed by atoms with van der Waals surface area (Å²) in [7, 11) is 0. The third kappa shape index (κ3) is 2.85. The highest BCUT2D eigenvalue weighted by molar-refractivity contribution is 6.01. The molecule has 3 N–H and O–H groups in total. The second-order valence-electron chi connectivity index (χ2n) is 4.25. The lowest BCUT2D eigenvalue weighted by Crippen LogP contribution is -2.51.